The minimum Gasteiger partial charge on any atom is -0.368 e. The molecule has 30 heavy (non-hydrogen) atoms. The summed E-state index contributed by atoms with van der Waals surface area (Å²) < 4.78 is 0. The average molecular weight is 409 g/mol. The van der Waals surface area contributed by atoms with Gasteiger partial charge in [0.25, 0.3) is 0 Å². The molecule has 7 heteroatoms. The van der Waals surface area contributed by atoms with Crippen LogP contribution in [0.5, 0.6) is 0 Å². The van der Waals surface area contributed by atoms with Crippen LogP contribution in [-0.4, -0.2) is 47.2 Å². The molecule has 0 radical (unpaired) electrons. The molecule has 3 heterocycles. The number of piperidine rings is 1. The van der Waals surface area contributed by atoms with Crippen molar-refractivity contribution in [2.24, 2.45) is 11.8 Å². The first-order chi connectivity index (χ1) is 14.7. The van der Waals surface area contributed by atoms with Crippen LogP contribution < -0.4 is 16.1 Å². The largest absolute Gasteiger partial charge is 0.368 e. The maximum atomic E-state index is 12.8. The Hall–Kier alpha value is -2.14. The van der Waals surface area contributed by atoms with E-state index >= 15 is 0 Å². The number of nitrogens with one attached hydrogen (secondary N) is 3. The Morgan fingerprint density at radius 2 is 2.00 bits per heavy atom. The molecule has 0 aromatic heterocycles. The number of hydrogen-bond acceptors (Lipinski definition) is 6. The molecule has 5 atom stereocenters. The quantitative estimate of drug-likeness (QED) is 0.708. The molecule has 1 saturated carbocycles. The Labute approximate surface area is 178 Å². The zero-order valence-corrected chi connectivity index (χ0v) is 17.7. The molecule has 7 nitrogen and oxygen atoms in total. The summed E-state index contributed by atoms with van der Waals surface area (Å²) in [6, 6.07) is 9.45. The highest BCUT2D eigenvalue weighted by atomic mass is 16.2. The molecule has 3 fully saturated rings. The van der Waals surface area contributed by atoms with Gasteiger partial charge in [-0.25, -0.2) is 10.4 Å². The van der Waals surface area contributed by atoms with E-state index in [4.69, 9.17) is 0 Å². The normalized spacial score (nSPS) is 34.1. The first-order valence-electron chi connectivity index (χ1n) is 11.5. The molecule has 5 rings (SSSR count). The lowest BCUT2D eigenvalue weighted by atomic mass is 9.83. The predicted molar refractivity (Wildman–Crippen MR) is 115 cm³/mol. The minimum absolute atomic E-state index is 0.0376. The third-order valence-corrected chi connectivity index (χ3v) is 7.48. The van der Waals surface area contributed by atoms with Gasteiger partial charge >= 0.3 is 0 Å². The van der Waals surface area contributed by atoms with Crippen LogP contribution in [0.15, 0.2) is 18.2 Å². The number of rotatable bonds is 4. The third kappa shape index (κ3) is 3.47. The van der Waals surface area contributed by atoms with Crippen LogP contribution in [0, 0.1) is 23.2 Å². The molecule has 1 aromatic carbocycles. The molecule has 0 spiro atoms. The Morgan fingerprint density at radius 1 is 1.17 bits per heavy atom. The van der Waals surface area contributed by atoms with Gasteiger partial charge < -0.3 is 10.6 Å². The standard InChI is InChI=1S/C23H32N6O/c1-2-28-13-16-7-8-18(11-17(16)14-28)26-22-21-20(9-10-25-23(21)30)29(27-22)19-6-4-3-5-15(19)12-24/h7-8,11,15,19-22,26-27H,2-6,9-10,13-14H2,1H3,(H,25,30)/t15-,19+,20?,21?,22?/m1/s1. The van der Waals surface area contributed by atoms with Gasteiger partial charge in [0.2, 0.25) is 5.91 Å². The van der Waals surface area contributed by atoms with Crippen molar-refractivity contribution in [3.8, 4) is 6.07 Å². The molecule has 3 aliphatic heterocycles. The summed E-state index contributed by atoms with van der Waals surface area (Å²) >= 11 is 0. The number of benzene rings is 1. The van der Waals surface area contributed by atoms with E-state index in [2.05, 4.69) is 57.2 Å². The molecule has 2 saturated heterocycles. The van der Waals surface area contributed by atoms with E-state index in [9.17, 15) is 10.1 Å². The maximum absolute atomic E-state index is 12.8. The summed E-state index contributed by atoms with van der Waals surface area (Å²) in [5.41, 5.74) is 7.46. The highest BCUT2D eigenvalue weighted by Gasteiger charge is 2.51. The van der Waals surface area contributed by atoms with Crippen molar-refractivity contribution in [2.45, 2.75) is 70.4 Å². The van der Waals surface area contributed by atoms with Gasteiger partial charge in [-0.3, -0.25) is 9.69 Å². The van der Waals surface area contributed by atoms with E-state index in [-0.39, 0.29) is 36.0 Å². The van der Waals surface area contributed by atoms with Gasteiger partial charge in [0.05, 0.1) is 17.9 Å². The fourth-order valence-corrected chi connectivity index (χ4v) is 5.85. The predicted octanol–water partition coefficient (Wildman–Crippen LogP) is 2.17. The van der Waals surface area contributed by atoms with E-state index in [0.717, 1.165) is 57.4 Å². The molecule has 4 aliphatic rings. The fourth-order valence-electron chi connectivity index (χ4n) is 5.85. The number of anilines is 1. The smallest absolute Gasteiger partial charge is 0.228 e. The molecular weight excluding hydrogens is 376 g/mol. The Kier molecular flexibility index (Phi) is 5.40. The van der Waals surface area contributed by atoms with Gasteiger partial charge in [0.1, 0.15) is 6.17 Å². The van der Waals surface area contributed by atoms with E-state index in [1.54, 1.807) is 0 Å². The van der Waals surface area contributed by atoms with Gasteiger partial charge in [0, 0.05) is 37.4 Å². The number of carbonyl (C=O) groups excluding carboxylic acids is 1. The molecule has 160 valence electrons. The number of hydrogen-bond donors (Lipinski definition) is 3. The number of amides is 1. The lowest BCUT2D eigenvalue weighted by molar-refractivity contribution is -0.128. The van der Waals surface area contributed by atoms with Crippen LogP contribution in [-0.2, 0) is 17.9 Å². The third-order valence-electron chi connectivity index (χ3n) is 7.48. The molecule has 3 N–H and O–H groups in total. The topological polar surface area (TPSA) is 83.4 Å². The Bertz CT molecular complexity index is 851. The first kappa shape index (κ1) is 19.8. The van der Waals surface area contributed by atoms with Crippen LogP contribution in [0.2, 0.25) is 0 Å². The van der Waals surface area contributed by atoms with Crippen LogP contribution in [0.3, 0.4) is 0 Å². The van der Waals surface area contributed by atoms with Crippen molar-refractivity contribution in [1.29, 1.82) is 5.26 Å². The van der Waals surface area contributed by atoms with Crippen molar-refractivity contribution in [2.75, 3.05) is 18.4 Å². The van der Waals surface area contributed by atoms with Crippen molar-refractivity contribution in [1.82, 2.24) is 20.7 Å². The van der Waals surface area contributed by atoms with Crippen LogP contribution in [0.25, 0.3) is 0 Å². The average Bonchev–Trinajstić information content (AvgIpc) is 3.35. The summed E-state index contributed by atoms with van der Waals surface area (Å²) in [6.45, 7) is 5.97. The summed E-state index contributed by atoms with van der Waals surface area (Å²) in [5, 5.41) is 18.7. The van der Waals surface area contributed by atoms with Crippen LogP contribution >= 0.6 is 0 Å². The number of carbonyl (C=O) groups is 1. The van der Waals surface area contributed by atoms with E-state index in [1.807, 2.05) is 0 Å². The summed E-state index contributed by atoms with van der Waals surface area (Å²) in [6.07, 6.45) is 5.03. The zero-order chi connectivity index (χ0) is 20.7. The summed E-state index contributed by atoms with van der Waals surface area (Å²) in [4.78, 5) is 15.3. The lowest BCUT2D eigenvalue weighted by Crippen LogP contribution is -2.54. The van der Waals surface area contributed by atoms with E-state index < -0.39 is 0 Å². The van der Waals surface area contributed by atoms with Crippen molar-refractivity contribution >= 4 is 11.6 Å². The first-order valence-corrected chi connectivity index (χ1v) is 11.5. The number of nitrogens with zero attached hydrogens (tertiary/aromatic N) is 3. The highest BCUT2D eigenvalue weighted by molar-refractivity contribution is 5.82. The molecule has 0 bridgehead atoms. The number of hydrazine groups is 1. The summed E-state index contributed by atoms with van der Waals surface area (Å²) in [5.74, 6) is -0.00235. The van der Waals surface area contributed by atoms with E-state index in [0.29, 0.717) is 6.54 Å². The van der Waals surface area contributed by atoms with Gasteiger partial charge in [-0.1, -0.05) is 25.8 Å². The molecule has 3 unspecified atom stereocenters. The molecule has 1 amide bonds. The van der Waals surface area contributed by atoms with Crippen LogP contribution in [0.4, 0.5) is 5.69 Å². The fraction of sp³-hybridized carbons (Fsp3) is 0.652. The monoisotopic (exact) mass is 408 g/mol. The highest BCUT2D eigenvalue weighted by Crippen LogP contribution is 2.36. The number of fused-ring (bicyclic) bond motifs is 2. The van der Waals surface area contributed by atoms with E-state index in [1.165, 1.54) is 11.1 Å². The Morgan fingerprint density at radius 3 is 2.83 bits per heavy atom. The maximum Gasteiger partial charge on any atom is 0.228 e. The lowest BCUT2D eigenvalue weighted by Gasteiger charge is -2.39. The second-order valence-corrected chi connectivity index (χ2v) is 9.21. The second kappa shape index (κ2) is 8.18. The molecule has 1 aliphatic carbocycles. The van der Waals surface area contributed by atoms with Crippen molar-refractivity contribution < 1.29 is 4.79 Å². The molecule has 1 aromatic rings. The van der Waals surface area contributed by atoms with Gasteiger partial charge in [-0.2, -0.15) is 5.26 Å². The Balaban J connectivity index is 1.37. The van der Waals surface area contributed by atoms with Crippen LogP contribution in [0.1, 0.15) is 50.2 Å². The molecular formula is C23H32N6O. The SMILES string of the molecule is CCN1Cc2ccc(NC3NN([C@H]4CCCC[C@@H]4C#N)C4CCNC(=O)C34)cc2C1. The second-order valence-electron chi connectivity index (χ2n) is 9.21. The number of nitriles is 1. The van der Waals surface area contributed by atoms with Crippen molar-refractivity contribution in [3.05, 3.63) is 29.3 Å². The minimum atomic E-state index is -0.154. The van der Waals surface area contributed by atoms with Gasteiger partial charge in [-0.15, -0.1) is 0 Å². The summed E-state index contributed by atoms with van der Waals surface area (Å²) in [7, 11) is 0. The van der Waals surface area contributed by atoms with Gasteiger partial charge in [-0.05, 0) is 49.1 Å². The zero-order valence-electron chi connectivity index (χ0n) is 17.7. The van der Waals surface area contributed by atoms with Crippen molar-refractivity contribution in [3.63, 3.8) is 0 Å². The van der Waals surface area contributed by atoms with Gasteiger partial charge in [0.15, 0.2) is 0 Å².